The van der Waals surface area contributed by atoms with Gasteiger partial charge < -0.3 is 5.73 Å². The molecule has 5 heteroatoms. The number of aryl methyl sites for hydroxylation is 1. The first-order valence-corrected chi connectivity index (χ1v) is 4.88. The molecule has 0 aliphatic heterocycles. The number of Topliss-reactive ketones (excluding diaryl/α,β-unsaturated/α-hetero) is 1. The van der Waals surface area contributed by atoms with Crippen LogP contribution >= 0.6 is 0 Å². The number of pyridine rings is 1. The number of nitrogen functional groups attached to an aromatic ring is 1. The summed E-state index contributed by atoms with van der Waals surface area (Å²) in [6.07, 6.45) is 5.18. The molecule has 0 aliphatic rings. The minimum Gasteiger partial charge on any atom is -0.398 e. The Morgan fingerprint density at radius 2 is 2.31 bits per heavy atom. The summed E-state index contributed by atoms with van der Waals surface area (Å²) >= 11 is 0. The van der Waals surface area contributed by atoms with E-state index in [9.17, 15) is 4.79 Å². The topological polar surface area (TPSA) is 73.8 Å². The standard InChI is InChI=1S/C11H12N4O/c1-15-5-3-10(14-15)11(16)6-8-7-13-4-2-9(8)12/h2-5,7H,6H2,1H3,(H2,12,13). The number of anilines is 1. The largest absolute Gasteiger partial charge is 0.398 e. The second-order valence-corrected chi connectivity index (χ2v) is 3.55. The summed E-state index contributed by atoms with van der Waals surface area (Å²) < 4.78 is 1.60. The van der Waals surface area contributed by atoms with E-state index < -0.39 is 0 Å². The number of nitrogens with two attached hydrogens (primary N) is 1. The summed E-state index contributed by atoms with van der Waals surface area (Å²) in [4.78, 5) is 15.8. The van der Waals surface area contributed by atoms with Crippen molar-refractivity contribution in [2.45, 2.75) is 6.42 Å². The predicted octanol–water partition coefficient (Wildman–Crippen LogP) is 0.823. The van der Waals surface area contributed by atoms with Crippen molar-refractivity contribution >= 4 is 11.5 Å². The highest BCUT2D eigenvalue weighted by Gasteiger charge is 2.11. The van der Waals surface area contributed by atoms with Gasteiger partial charge in [0.25, 0.3) is 0 Å². The van der Waals surface area contributed by atoms with Gasteiger partial charge in [0, 0.05) is 43.3 Å². The van der Waals surface area contributed by atoms with Crippen LogP contribution in [0.15, 0.2) is 30.7 Å². The van der Waals surface area contributed by atoms with E-state index in [1.807, 2.05) is 0 Å². The Labute approximate surface area is 92.9 Å². The highest BCUT2D eigenvalue weighted by molar-refractivity contribution is 5.96. The quantitative estimate of drug-likeness (QED) is 0.771. The van der Waals surface area contributed by atoms with E-state index in [-0.39, 0.29) is 12.2 Å². The van der Waals surface area contributed by atoms with Crippen molar-refractivity contribution in [1.82, 2.24) is 14.8 Å². The number of carbonyl (C=O) groups excluding carboxylic acids is 1. The summed E-state index contributed by atoms with van der Waals surface area (Å²) in [6, 6.07) is 3.37. The number of hydrogen-bond acceptors (Lipinski definition) is 4. The molecule has 2 aromatic rings. The fourth-order valence-electron chi connectivity index (χ4n) is 1.41. The van der Waals surface area contributed by atoms with Crippen LogP contribution in [0.4, 0.5) is 5.69 Å². The number of aromatic nitrogens is 3. The molecule has 0 aromatic carbocycles. The maximum atomic E-state index is 11.8. The maximum absolute atomic E-state index is 11.8. The van der Waals surface area contributed by atoms with Crippen LogP contribution in [-0.4, -0.2) is 20.5 Å². The van der Waals surface area contributed by atoms with Crippen LogP contribution < -0.4 is 5.73 Å². The van der Waals surface area contributed by atoms with E-state index in [1.54, 1.807) is 42.5 Å². The SMILES string of the molecule is Cn1ccc(C(=O)Cc2cnccc2N)n1. The molecule has 0 unspecified atom stereocenters. The van der Waals surface area contributed by atoms with E-state index in [1.165, 1.54) is 0 Å². The molecule has 0 spiro atoms. The molecule has 0 saturated carbocycles. The van der Waals surface area contributed by atoms with Gasteiger partial charge in [0.15, 0.2) is 5.78 Å². The van der Waals surface area contributed by atoms with Crippen molar-refractivity contribution in [3.63, 3.8) is 0 Å². The molecular formula is C11H12N4O. The monoisotopic (exact) mass is 216 g/mol. The molecule has 2 rings (SSSR count). The van der Waals surface area contributed by atoms with Crippen LogP contribution in [0.2, 0.25) is 0 Å². The zero-order valence-corrected chi connectivity index (χ0v) is 8.92. The summed E-state index contributed by atoms with van der Waals surface area (Å²) in [6.45, 7) is 0. The van der Waals surface area contributed by atoms with E-state index in [0.717, 1.165) is 5.56 Å². The molecule has 0 saturated heterocycles. The van der Waals surface area contributed by atoms with E-state index >= 15 is 0 Å². The summed E-state index contributed by atoms with van der Waals surface area (Å²) in [5.41, 5.74) is 7.50. The lowest BCUT2D eigenvalue weighted by Crippen LogP contribution is -2.07. The van der Waals surface area contributed by atoms with Gasteiger partial charge in [-0.1, -0.05) is 0 Å². The average Bonchev–Trinajstić information content (AvgIpc) is 2.68. The van der Waals surface area contributed by atoms with Gasteiger partial charge in [-0.05, 0) is 12.1 Å². The van der Waals surface area contributed by atoms with Crippen LogP contribution in [0.25, 0.3) is 0 Å². The van der Waals surface area contributed by atoms with Gasteiger partial charge in [0.2, 0.25) is 0 Å². The fourth-order valence-corrected chi connectivity index (χ4v) is 1.41. The molecule has 2 N–H and O–H groups in total. The van der Waals surface area contributed by atoms with E-state index in [0.29, 0.717) is 11.4 Å². The summed E-state index contributed by atoms with van der Waals surface area (Å²) in [7, 11) is 1.77. The molecule has 0 atom stereocenters. The number of hydrogen-bond donors (Lipinski definition) is 1. The normalized spacial score (nSPS) is 10.3. The molecule has 2 heterocycles. The van der Waals surface area contributed by atoms with E-state index in [4.69, 9.17) is 5.73 Å². The van der Waals surface area contributed by atoms with Crippen molar-refractivity contribution < 1.29 is 4.79 Å². The number of ketones is 1. The molecule has 0 radical (unpaired) electrons. The zero-order valence-electron chi connectivity index (χ0n) is 8.92. The van der Waals surface area contributed by atoms with Crippen LogP contribution in [-0.2, 0) is 13.5 Å². The lowest BCUT2D eigenvalue weighted by Gasteiger charge is -2.01. The molecule has 5 nitrogen and oxygen atoms in total. The van der Waals surface area contributed by atoms with Crippen molar-refractivity contribution in [2.75, 3.05) is 5.73 Å². The van der Waals surface area contributed by atoms with Crippen molar-refractivity contribution in [3.8, 4) is 0 Å². The lowest BCUT2D eigenvalue weighted by molar-refractivity contribution is 0.0987. The van der Waals surface area contributed by atoms with E-state index in [2.05, 4.69) is 10.1 Å². The second-order valence-electron chi connectivity index (χ2n) is 3.55. The first kappa shape index (κ1) is 10.4. The van der Waals surface area contributed by atoms with Gasteiger partial charge in [-0.15, -0.1) is 0 Å². The fraction of sp³-hybridized carbons (Fsp3) is 0.182. The molecule has 16 heavy (non-hydrogen) atoms. The van der Waals surface area contributed by atoms with Gasteiger partial charge in [0.1, 0.15) is 5.69 Å². The minimum absolute atomic E-state index is 0.0553. The molecular weight excluding hydrogens is 204 g/mol. The van der Waals surface area contributed by atoms with Crippen LogP contribution in [0.5, 0.6) is 0 Å². The third-order valence-electron chi connectivity index (χ3n) is 2.29. The highest BCUT2D eigenvalue weighted by Crippen LogP contribution is 2.11. The van der Waals surface area contributed by atoms with Gasteiger partial charge in [-0.2, -0.15) is 5.10 Å². The Hall–Kier alpha value is -2.17. The molecule has 82 valence electrons. The average molecular weight is 216 g/mol. The molecule has 0 fully saturated rings. The number of nitrogens with zero attached hydrogens (tertiary/aromatic N) is 3. The Kier molecular flexibility index (Phi) is 2.68. The van der Waals surface area contributed by atoms with Crippen molar-refractivity contribution in [1.29, 1.82) is 0 Å². The van der Waals surface area contributed by atoms with Crippen LogP contribution in [0.1, 0.15) is 16.1 Å². The Balaban J connectivity index is 2.17. The Morgan fingerprint density at radius 3 is 2.94 bits per heavy atom. The lowest BCUT2D eigenvalue weighted by atomic mass is 10.1. The molecule has 2 aromatic heterocycles. The molecule has 0 amide bonds. The highest BCUT2D eigenvalue weighted by atomic mass is 16.1. The van der Waals surface area contributed by atoms with Crippen molar-refractivity contribution in [2.24, 2.45) is 7.05 Å². The summed E-state index contributed by atoms with van der Waals surface area (Å²) in [5.74, 6) is -0.0553. The van der Waals surface area contributed by atoms with Crippen LogP contribution in [0, 0.1) is 0 Å². The number of rotatable bonds is 3. The third kappa shape index (κ3) is 2.08. The number of carbonyl (C=O) groups is 1. The predicted molar refractivity (Wildman–Crippen MR) is 59.9 cm³/mol. The Bertz CT molecular complexity index is 518. The Morgan fingerprint density at radius 1 is 1.50 bits per heavy atom. The minimum atomic E-state index is -0.0553. The van der Waals surface area contributed by atoms with Gasteiger partial charge in [0.05, 0.1) is 0 Å². The van der Waals surface area contributed by atoms with Gasteiger partial charge in [-0.3, -0.25) is 14.5 Å². The van der Waals surface area contributed by atoms with Crippen molar-refractivity contribution in [3.05, 3.63) is 42.0 Å². The zero-order chi connectivity index (χ0) is 11.5. The second kappa shape index (κ2) is 4.14. The van der Waals surface area contributed by atoms with Gasteiger partial charge in [-0.25, -0.2) is 0 Å². The molecule has 0 bridgehead atoms. The first-order chi connectivity index (χ1) is 7.66. The maximum Gasteiger partial charge on any atom is 0.187 e. The first-order valence-electron chi connectivity index (χ1n) is 4.88. The third-order valence-corrected chi connectivity index (χ3v) is 2.29. The smallest absolute Gasteiger partial charge is 0.187 e. The molecule has 0 aliphatic carbocycles. The summed E-state index contributed by atoms with van der Waals surface area (Å²) in [5, 5.41) is 4.04. The van der Waals surface area contributed by atoms with Gasteiger partial charge >= 0.3 is 0 Å². The van der Waals surface area contributed by atoms with Crippen LogP contribution in [0.3, 0.4) is 0 Å².